The molecular formula is C20H12ClNO4S. The molecule has 134 valence electrons. The summed E-state index contributed by atoms with van der Waals surface area (Å²) in [6.45, 7) is 0. The number of hydrogen-bond acceptors (Lipinski definition) is 5. The second-order valence-electron chi connectivity index (χ2n) is 5.58. The molecule has 7 heteroatoms. The molecule has 0 spiro atoms. The van der Waals surface area contributed by atoms with E-state index >= 15 is 0 Å². The zero-order valence-corrected chi connectivity index (χ0v) is 15.3. The van der Waals surface area contributed by atoms with Crippen LogP contribution in [0.15, 0.2) is 79.6 Å². The van der Waals surface area contributed by atoms with Crippen LogP contribution in [-0.2, 0) is 4.79 Å². The van der Waals surface area contributed by atoms with E-state index in [9.17, 15) is 9.90 Å². The van der Waals surface area contributed by atoms with Crippen LogP contribution in [0, 0.1) is 0 Å². The van der Waals surface area contributed by atoms with Crippen molar-refractivity contribution in [2.24, 2.45) is 0 Å². The van der Waals surface area contributed by atoms with Crippen LogP contribution in [0.4, 0.5) is 0 Å². The number of hydrogen-bond donors (Lipinski definition) is 1. The number of halogens is 1. The molecule has 5 nitrogen and oxygen atoms in total. The third-order valence-corrected chi connectivity index (χ3v) is 4.79. The lowest BCUT2D eigenvalue weighted by Crippen LogP contribution is -1.96. The van der Waals surface area contributed by atoms with E-state index in [1.165, 1.54) is 6.08 Å². The lowest BCUT2D eigenvalue weighted by molar-refractivity contribution is -0.131. The molecule has 27 heavy (non-hydrogen) atoms. The van der Waals surface area contributed by atoms with E-state index in [4.69, 9.17) is 20.4 Å². The average Bonchev–Trinajstić information content (AvgIpc) is 3.27. The predicted octanol–water partition coefficient (Wildman–Crippen LogP) is 5.96. The smallest absolute Gasteiger partial charge is 0.342 e. The number of aromatic nitrogens is 1. The maximum atomic E-state index is 11.6. The summed E-state index contributed by atoms with van der Waals surface area (Å²) in [7, 11) is 0. The van der Waals surface area contributed by atoms with Gasteiger partial charge in [0.05, 0.1) is 0 Å². The summed E-state index contributed by atoms with van der Waals surface area (Å²) in [4.78, 5) is 15.9. The highest BCUT2D eigenvalue weighted by Crippen LogP contribution is 2.32. The Morgan fingerprint density at radius 1 is 1.07 bits per heavy atom. The van der Waals surface area contributed by atoms with Crippen LogP contribution in [0.2, 0.25) is 5.02 Å². The Balaban J connectivity index is 1.62. The third kappa shape index (κ3) is 3.92. The molecule has 4 aromatic rings. The number of nitrogens with zero attached hydrogens (tertiary/aromatic N) is 1. The fourth-order valence-electron chi connectivity index (χ4n) is 2.48. The van der Waals surface area contributed by atoms with Gasteiger partial charge in [0.15, 0.2) is 5.58 Å². The van der Waals surface area contributed by atoms with Crippen LogP contribution in [0.5, 0.6) is 0 Å². The Labute approximate surface area is 163 Å². The van der Waals surface area contributed by atoms with E-state index in [-0.39, 0.29) is 10.1 Å². The molecule has 0 bridgehead atoms. The maximum Gasteiger partial charge on any atom is 0.342 e. The average molecular weight is 398 g/mol. The van der Waals surface area contributed by atoms with Crippen molar-refractivity contribution < 1.29 is 18.7 Å². The Morgan fingerprint density at radius 2 is 1.93 bits per heavy atom. The summed E-state index contributed by atoms with van der Waals surface area (Å²) in [6, 6.07) is 18.0. The number of carboxylic acid groups (broad SMARTS) is 1. The molecule has 2 heterocycles. The quantitative estimate of drug-likeness (QED) is 0.331. The van der Waals surface area contributed by atoms with Crippen molar-refractivity contribution in [2.45, 2.75) is 5.22 Å². The van der Waals surface area contributed by atoms with Crippen LogP contribution < -0.4 is 0 Å². The van der Waals surface area contributed by atoms with Gasteiger partial charge in [-0.05, 0) is 48.2 Å². The van der Waals surface area contributed by atoms with Crippen LogP contribution in [0.3, 0.4) is 0 Å². The summed E-state index contributed by atoms with van der Waals surface area (Å²) in [5.74, 6) is -0.0886. The normalized spacial score (nSPS) is 11.8. The number of carboxylic acids is 1. The fraction of sp³-hybridized carbons (Fsp3) is 0. The number of benzene rings is 2. The number of aliphatic carboxylic acids is 1. The van der Waals surface area contributed by atoms with Crippen LogP contribution >= 0.6 is 23.4 Å². The van der Waals surface area contributed by atoms with Crippen molar-refractivity contribution in [3.63, 3.8) is 0 Å². The largest absolute Gasteiger partial charge is 0.477 e. The first-order valence-corrected chi connectivity index (χ1v) is 9.12. The highest BCUT2D eigenvalue weighted by molar-refractivity contribution is 8.03. The van der Waals surface area contributed by atoms with Crippen molar-refractivity contribution in [2.75, 3.05) is 0 Å². The van der Waals surface area contributed by atoms with Gasteiger partial charge in [0.25, 0.3) is 5.22 Å². The van der Waals surface area contributed by atoms with E-state index < -0.39 is 5.97 Å². The monoisotopic (exact) mass is 397 g/mol. The topological polar surface area (TPSA) is 76.5 Å². The minimum atomic E-state index is -1.09. The highest BCUT2D eigenvalue weighted by Gasteiger charge is 2.16. The third-order valence-electron chi connectivity index (χ3n) is 3.69. The van der Waals surface area contributed by atoms with Crippen molar-refractivity contribution in [3.05, 3.63) is 76.4 Å². The maximum absolute atomic E-state index is 11.6. The molecule has 1 N–H and O–H groups in total. The molecule has 4 rings (SSSR count). The van der Waals surface area contributed by atoms with Crippen molar-refractivity contribution in [1.29, 1.82) is 0 Å². The number of fused-ring (bicyclic) bond motifs is 1. The Bertz CT molecular complexity index is 1130. The van der Waals surface area contributed by atoms with Gasteiger partial charge >= 0.3 is 5.97 Å². The van der Waals surface area contributed by atoms with Gasteiger partial charge in [-0.2, -0.15) is 0 Å². The zero-order chi connectivity index (χ0) is 18.8. The minimum absolute atomic E-state index is 0.0357. The SMILES string of the molecule is O=C(O)/C(=C\c1ccc(-c2cccc(Cl)c2)o1)Sc1nc2ccccc2o1. The van der Waals surface area contributed by atoms with Gasteiger partial charge in [-0.15, -0.1) is 0 Å². The summed E-state index contributed by atoms with van der Waals surface area (Å²) in [6.07, 6.45) is 1.44. The number of oxazole rings is 1. The number of carbonyl (C=O) groups is 1. The first kappa shape index (κ1) is 17.5. The standard InChI is InChI=1S/C20H12ClNO4S/c21-13-5-3-4-12(10-13)16-9-8-14(25-16)11-18(19(23)24)27-20-22-15-6-1-2-7-17(15)26-20/h1-11H,(H,23,24)/b18-11+. The van der Waals surface area contributed by atoms with Gasteiger partial charge in [0.1, 0.15) is 21.9 Å². The second-order valence-corrected chi connectivity index (χ2v) is 7.01. The van der Waals surface area contributed by atoms with Gasteiger partial charge in [-0.3, -0.25) is 0 Å². The van der Waals surface area contributed by atoms with Gasteiger partial charge in [0.2, 0.25) is 0 Å². The molecule has 0 unspecified atom stereocenters. The molecule has 0 saturated heterocycles. The molecule has 0 atom stereocenters. The number of furan rings is 1. The van der Waals surface area contributed by atoms with Crippen molar-refractivity contribution >= 4 is 46.5 Å². The summed E-state index contributed by atoms with van der Waals surface area (Å²) < 4.78 is 11.3. The fourth-order valence-corrected chi connectivity index (χ4v) is 3.40. The van der Waals surface area contributed by atoms with Gasteiger partial charge in [-0.25, -0.2) is 9.78 Å². The van der Waals surface area contributed by atoms with Crippen LogP contribution in [0.25, 0.3) is 28.5 Å². The molecule has 0 amide bonds. The van der Waals surface area contributed by atoms with E-state index in [2.05, 4.69) is 4.98 Å². The predicted molar refractivity (Wildman–Crippen MR) is 105 cm³/mol. The first-order valence-electron chi connectivity index (χ1n) is 7.93. The lowest BCUT2D eigenvalue weighted by Gasteiger charge is -1.98. The molecule has 0 fully saturated rings. The van der Waals surface area contributed by atoms with E-state index in [1.54, 1.807) is 36.4 Å². The molecule has 0 aliphatic rings. The minimum Gasteiger partial charge on any atom is -0.477 e. The summed E-state index contributed by atoms with van der Waals surface area (Å²) in [5, 5.41) is 10.4. The number of para-hydroxylation sites is 2. The van der Waals surface area contributed by atoms with Gasteiger partial charge < -0.3 is 13.9 Å². The molecule has 0 radical (unpaired) electrons. The van der Waals surface area contributed by atoms with E-state index in [0.29, 0.717) is 27.6 Å². The highest BCUT2D eigenvalue weighted by atomic mass is 35.5. The van der Waals surface area contributed by atoms with Gasteiger partial charge in [-0.1, -0.05) is 35.9 Å². The molecular weight excluding hydrogens is 386 g/mol. The van der Waals surface area contributed by atoms with Crippen molar-refractivity contribution in [3.8, 4) is 11.3 Å². The summed E-state index contributed by atoms with van der Waals surface area (Å²) >= 11 is 6.93. The van der Waals surface area contributed by atoms with E-state index in [1.807, 2.05) is 24.3 Å². The lowest BCUT2D eigenvalue weighted by atomic mass is 10.2. The summed E-state index contributed by atoms with van der Waals surface area (Å²) in [5.41, 5.74) is 2.09. The van der Waals surface area contributed by atoms with E-state index in [0.717, 1.165) is 17.3 Å². The Kier molecular flexibility index (Phi) is 4.75. The zero-order valence-electron chi connectivity index (χ0n) is 13.8. The molecule has 0 aliphatic heterocycles. The first-order chi connectivity index (χ1) is 13.1. The molecule has 2 aromatic carbocycles. The molecule has 2 aromatic heterocycles. The Hall–Kier alpha value is -2.96. The number of thioether (sulfide) groups is 1. The van der Waals surface area contributed by atoms with Crippen LogP contribution in [0.1, 0.15) is 5.76 Å². The van der Waals surface area contributed by atoms with Gasteiger partial charge in [0, 0.05) is 16.7 Å². The molecule has 0 saturated carbocycles. The number of rotatable bonds is 5. The molecule has 0 aliphatic carbocycles. The van der Waals surface area contributed by atoms with Crippen LogP contribution in [-0.4, -0.2) is 16.1 Å². The van der Waals surface area contributed by atoms with Crippen molar-refractivity contribution in [1.82, 2.24) is 4.98 Å². The Morgan fingerprint density at radius 3 is 2.70 bits per heavy atom. The second kappa shape index (κ2) is 7.34.